The molecule has 0 saturated heterocycles. The summed E-state index contributed by atoms with van der Waals surface area (Å²) in [7, 11) is 1.34. The fraction of sp³-hybridized carbons (Fsp3) is 0.750. The van der Waals surface area contributed by atoms with Gasteiger partial charge in [-0.2, -0.15) is 0 Å². The van der Waals surface area contributed by atoms with E-state index in [0.29, 0.717) is 18.8 Å². The van der Waals surface area contributed by atoms with Crippen LogP contribution in [0.25, 0.3) is 0 Å². The molecule has 0 heterocycles. The SMILES string of the molecule is CC[C@@](C)(C(=O)C[C@H](C)CCC=C(C)C)C(=O)OC. The Labute approximate surface area is 117 Å². The third kappa shape index (κ3) is 5.58. The Morgan fingerprint density at radius 3 is 2.32 bits per heavy atom. The monoisotopic (exact) mass is 268 g/mol. The van der Waals surface area contributed by atoms with Crippen molar-refractivity contribution in [1.82, 2.24) is 0 Å². The molecule has 3 nitrogen and oxygen atoms in total. The van der Waals surface area contributed by atoms with Crippen molar-refractivity contribution in [2.24, 2.45) is 11.3 Å². The first kappa shape index (κ1) is 17.9. The Morgan fingerprint density at radius 2 is 1.89 bits per heavy atom. The molecule has 0 aliphatic carbocycles. The largest absolute Gasteiger partial charge is 0.468 e. The lowest BCUT2D eigenvalue weighted by molar-refractivity contribution is -0.157. The average molecular weight is 268 g/mol. The first-order chi connectivity index (χ1) is 8.77. The second-order valence-electron chi connectivity index (χ2n) is 5.77. The smallest absolute Gasteiger partial charge is 0.319 e. The van der Waals surface area contributed by atoms with Crippen LogP contribution in [0.15, 0.2) is 11.6 Å². The number of Topliss-reactive ketones (excluding diaryl/α,β-unsaturated/α-hetero) is 1. The van der Waals surface area contributed by atoms with Crippen molar-refractivity contribution in [2.45, 2.75) is 60.3 Å². The van der Waals surface area contributed by atoms with E-state index >= 15 is 0 Å². The summed E-state index contributed by atoms with van der Waals surface area (Å²) >= 11 is 0. The first-order valence-electron chi connectivity index (χ1n) is 7.03. The predicted molar refractivity (Wildman–Crippen MR) is 77.9 cm³/mol. The Hall–Kier alpha value is -1.12. The molecule has 0 aliphatic heterocycles. The van der Waals surface area contributed by atoms with E-state index in [1.165, 1.54) is 12.7 Å². The number of ether oxygens (including phenoxy) is 1. The molecule has 0 aromatic rings. The third-order valence-electron chi connectivity index (χ3n) is 3.70. The number of carbonyl (C=O) groups excluding carboxylic acids is 2. The molecule has 0 unspecified atom stereocenters. The van der Waals surface area contributed by atoms with Gasteiger partial charge >= 0.3 is 5.97 Å². The molecule has 0 aliphatic rings. The van der Waals surface area contributed by atoms with Crippen LogP contribution in [0.1, 0.15) is 60.3 Å². The van der Waals surface area contributed by atoms with Crippen LogP contribution in [0.5, 0.6) is 0 Å². The maximum absolute atomic E-state index is 12.3. The van der Waals surface area contributed by atoms with Crippen molar-refractivity contribution < 1.29 is 14.3 Å². The molecular weight excluding hydrogens is 240 g/mol. The summed E-state index contributed by atoms with van der Waals surface area (Å²) in [6.07, 6.45) is 5.06. The van der Waals surface area contributed by atoms with Gasteiger partial charge in [-0.25, -0.2) is 0 Å². The Morgan fingerprint density at radius 1 is 1.32 bits per heavy atom. The van der Waals surface area contributed by atoms with Gasteiger partial charge in [-0.15, -0.1) is 0 Å². The average Bonchev–Trinajstić information content (AvgIpc) is 2.35. The van der Waals surface area contributed by atoms with Crippen molar-refractivity contribution in [1.29, 1.82) is 0 Å². The Kier molecular flexibility index (Phi) is 7.65. The van der Waals surface area contributed by atoms with E-state index in [1.54, 1.807) is 6.92 Å². The summed E-state index contributed by atoms with van der Waals surface area (Å²) in [5, 5.41) is 0. The quantitative estimate of drug-likeness (QED) is 0.381. The molecule has 0 bridgehead atoms. The van der Waals surface area contributed by atoms with Gasteiger partial charge in [-0.3, -0.25) is 9.59 Å². The molecule has 2 atom stereocenters. The normalized spacial score (nSPS) is 15.3. The van der Waals surface area contributed by atoms with Crippen molar-refractivity contribution >= 4 is 11.8 Å². The summed E-state index contributed by atoms with van der Waals surface area (Å²) in [6.45, 7) is 9.74. The molecule has 3 heteroatoms. The van der Waals surface area contributed by atoms with E-state index in [9.17, 15) is 9.59 Å². The molecule has 0 amide bonds. The van der Waals surface area contributed by atoms with Gasteiger partial charge in [0.15, 0.2) is 0 Å². The van der Waals surface area contributed by atoms with Gasteiger partial charge in [0.25, 0.3) is 0 Å². The number of methoxy groups -OCH3 is 1. The van der Waals surface area contributed by atoms with Gasteiger partial charge in [0.05, 0.1) is 7.11 Å². The van der Waals surface area contributed by atoms with Crippen LogP contribution in [0.3, 0.4) is 0 Å². The van der Waals surface area contributed by atoms with Gasteiger partial charge in [0.2, 0.25) is 0 Å². The third-order valence-corrected chi connectivity index (χ3v) is 3.70. The lowest BCUT2D eigenvalue weighted by Gasteiger charge is -2.25. The second kappa shape index (κ2) is 8.13. The van der Waals surface area contributed by atoms with Crippen LogP contribution in [-0.4, -0.2) is 18.9 Å². The molecule has 0 N–H and O–H groups in total. The minimum absolute atomic E-state index is 0.00782. The zero-order valence-electron chi connectivity index (χ0n) is 13.2. The molecule has 19 heavy (non-hydrogen) atoms. The van der Waals surface area contributed by atoms with E-state index in [1.807, 2.05) is 6.92 Å². The number of esters is 1. The minimum Gasteiger partial charge on any atom is -0.468 e. The maximum Gasteiger partial charge on any atom is 0.319 e. The van der Waals surface area contributed by atoms with E-state index in [2.05, 4.69) is 26.8 Å². The molecule has 0 aromatic carbocycles. The Balaban J connectivity index is 4.49. The molecule has 0 rings (SSSR count). The summed E-state index contributed by atoms with van der Waals surface area (Å²) in [5.41, 5.74) is 0.311. The molecule has 0 spiro atoms. The predicted octanol–water partition coefficient (Wildman–Crippen LogP) is 3.92. The van der Waals surface area contributed by atoms with Crippen molar-refractivity contribution in [3.8, 4) is 0 Å². The van der Waals surface area contributed by atoms with Crippen LogP contribution in [0, 0.1) is 11.3 Å². The number of hydrogen-bond donors (Lipinski definition) is 0. The van der Waals surface area contributed by atoms with Crippen LogP contribution >= 0.6 is 0 Å². The molecule has 0 saturated carbocycles. The van der Waals surface area contributed by atoms with E-state index < -0.39 is 11.4 Å². The molecule has 0 aromatic heterocycles. The highest BCUT2D eigenvalue weighted by atomic mass is 16.5. The second-order valence-corrected chi connectivity index (χ2v) is 5.77. The lowest BCUT2D eigenvalue weighted by Crippen LogP contribution is -2.37. The summed E-state index contributed by atoms with van der Waals surface area (Å²) in [6, 6.07) is 0. The van der Waals surface area contributed by atoms with Crippen LogP contribution in [0.4, 0.5) is 0 Å². The van der Waals surface area contributed by atoms with Gasteiger partial charge in [-0.1, -0.05) is 25.5 Å². The molecular formula is C16H28O3. The lowest BCUT2D eigenvalue weighted by atomic mass is 9.79. The highest BCUT2D eigenvalue weighted by molar-refractivity contribution is 6.03. The van der Waals surface area contributed by atoms with Crippen LogP contribution in [0.2, 0.25) is 0 Å². The Bertz CT molecular complexity index is 340. The van der Waals surface area contributed by atoms with Crippen molar-refractivity contribution in [3.05, 3.63) is 11.6 Å². The van der Waals surface area contributed by atoms with Crippen molar-refractivity contribution in [3.63, 3.8) is 0 Å². The zero-order chi connectivity index (χ0) is 15.1. The number of carbonyl (C=O) groups is 2. The molecule has 0 fully saturated rings. The highest BCUT2D eigenvalue weighted by Crippen LogP contribution is 2.28. The standard InChI is InChI=1S/C16H28O3/c1-7-16(5,15(18)19-6)14(17)11-13(4)10-8-9-12(2)3/h9,13H,7-8,10-11H2,1-6H3/t13-,16+/m1/s1. The molecule has 0 radical (unpaired) electrons. The summed E-state index contributed by atoms with van der Waals surface area (Å²) in [4.78, 5) is 24.0. The maximum atomic E-state index is 12.3. The molecule has 110 valence electrons. The highest BCUT2D eigenvalue weighted by Gasteiger charge is 2.40. The van der Waals surface area contributed by atoms with Crippen LogP contribution < -0.4 is 0 Å². The number of ketones is 1. The number of allylic oxidation sites excluding steroid dienone is 2. The van der Waals surface area contributed by atoms with E-state index in [0.717, 1.165) is 12.8 Å². The fourth-order valence-corrected chi connectivity index (χ4v) is 1.98. The number of hydrogen-bond acceptors (Lipinski definition) is 3. The topological polar surface area (TPSA) is 43.4 Å². The van der Waals surface area contributed by atoms with E-state index in [4.69, 9.17) is 4.74 Å². The van der Waals surface area contributed by atoms with Gasteiger partial charge in [0, 0.05) is 6.42 Å². The summed E-state index contributed by atoms with van der Waals surface area (Å²) < 4.78 is 4.75. The van der Waals surface area contributed by atoms with Gasteiger partial charge < -0.3 is 4.74 Å². The summed E-state index contributed by atoms with van der Waals surface area (Å²) in [5.74, 6) is -0.137. The van der Waals surface area contributed by atoms with Gasteiger partial charge in [-0.05, 0) is 46.0 Å². The van der Waals surface area contributed by atoms with Crippen LogP contribution in [-0.2, 0) is 14.3 Å². The van der Waals surface area contributed by atoms with Crippen molar-refractivity contribution in [2.75, 3.05) is 7.11 Å². The minimum atomic E-state index is -0.987. The zero-order valence-corrected chi connectivity index (χ0v) is 13.2. The first-order valence-corrected chi connectivity index (χ1v) is 7.03. The van der Waals surface area contributed by atoms with Gasteiger partial charge in [0.1, 0.15) is 11.2 Å². The fourth-order valence-electron chi connectivity index (χ4n) is 1.98. The number of rotatable bonds is 8. The van der Waals surface area contributed by atoms with E-state index in [-0.39, 0.29) is 5.78 Å².